The second-order valence-electron chi connectivity index (χ2n) is 7.30. The van der Waals surface area contributed by atoms with Crippen molar-refractivity contribution in [2.45, 2.75) is 44.7 Å². The molecule has 1 amide bonds. The van der Waals surface area contributed by atoms with E-state index in [1.807, 2.05) is 6.92 Å². The van der Waals surface area contributed by atoms with Crippen LogP contribution >= 0.6 is 0 Å². The highest BCUT2D eigenvalue weighted by atomic mass is 19.1. The molecule has 0 spiro atoms. The highest BCUT2D eigenvalue weighted by Gasteiger charge is 2.31. The highest BCUT2D eigenvalue weighted by Crippen LogP contribution is 2.37. The second-order valence-corrected chi connectivity index (χ2v) is 7.30. The van der Waals surface area contributed by atoms with E-state index in [1.54, 1.807) is 17.2 Å². The van der Waals surface area contributed by atoms with Crippen molar-refractivity contribution in [1.29, 1.82) is 0 Å². The van der Waals surface area contributed by atoms with Gasteiger partial charge in [-0.1, -0.05) is 0 Å². The lowest BCUT2D eigenvalue weighted by Gasteiger charge is -2.27. The number of aromatic nitrogens is 4. The molecule has 2 atom stereocenters. The lowest BCUT2D eigenvalue weighted by molar-refractivity contribution is 0.0940. The molecule has 5 heterocycles. The third-order valence-electron chi connectivity index (χ3n) is 5.38. The Bertz CT molecular complexity index is 1150. The van der Waals surface area contributed by atoms with Crippen molar-refractivity contribution in [3.63, 3.8) is 0 Å². The predicted octanol–water partition coefficient (Wildman–Crippen LogP) is 2.67. The van der Waals surface area contributed by atoms with Gasteiger partial charge in [0.15, 0.2) is 5.65 Å². The summed E-state index contributed by atoms with van der Waals surface area (Å²) in [5.74, 6) is -0.352. The van der Waals surface area contributed by atoms with Crippen LogP contribution in [0.15, 0.2) is 30.7 Å². The van der Waals surface area contributed by atoms with E-state index in [2.05, 4.69) is 20.4 Å². The first-order valence-electron chi connectivity index (χ1n) is 10.4. The van der Waals surface area contributed by atoms with Gasteiger partial charge in [0.05, 0.1) is 18.4 Å². The average Bonchev–Trinajstić information content (AvgIpc) is 3.26. The van der Waals surface area contributed by atoms with E-state index in [0.717, 1.165) is 0 Å². The maximum absolute atomic E-state index is 14.2. The van der Waals surface area contributed by atoms with E-state index in [-0.39, 0.29) is 18.4 Å². The highest BCUT2D eigenvalue weighted by molar-refractivity contribution is 5.99. The van der Waals surface area contributed by atoms with Gasteiger partial charge in [0.2, 0.25) is 0 Å². The fourth-order valence-corrected chi connectivity index (χ4v) is 3.96. The molecule has 1 N–H and O–H groups in total. The lowest BCUT2D eigenvalue weighted by Crippen LogP contribution is -2.33. The van der Waals surface area contributed by atoms with Crippen LogP contribution in [-0.2, 0) is 6.42 Å². The third kappa shape index (κ3) is 2.80. The fourth-order valence-electron chi connectivity index (χ4n) is 3.96. The van der Waals surface area contributed by atoms with Gasteiger partial charge in [-0.05, 0) is 50.3 Å². The van der Waals surface area contributed by atoms with E-state index in [1.165, 1.54) is 23.0 Å². The van der Waals surface area contributed by atoms with Gasteiger partial charge < -0.3 is 10.2 Å². The number of fused-ring (bicyclic) bond motifs is 5. The minimum atomic E-state index is -1.67. The molecule has 1 saturated heterocycles. The monoisotopic (exact) mass is 382 g/mol. The van der Waals surface area contributed by atoms with Gasteiger partial charge in [0.1, 0.15) is 17.2 Å². The summed E-state index contributed by atoms with van der Waals surface area (Å²) in [6, 6.07) is 2.58. The molecule has 1 fully saturated rings. The summed E-state index contributed by atoms with van der Waals surface area (Å²) in [5, 5.41) is 7.16. The Hall–Kier alpha value is -3.03. The first-order chi connectivity index (χ1) is 14.3. The number of anilines is 1. The summed E-state index contributed by atoms with van der Waals surface area (Å²) in [6.45, 7) is 0.237. The Kier molecular flexibility index (Phi) is 3.49. The van der Waals surface area contributed by atoms with Crippen LogP contribution in [0.1, 0.15) is 56.6 Å². The van der Waals surface area contributed by atoms with Crippen LogP contribution in [0, 0.1) is 5.82 Å². The number of halogens is 1. The van der Waals surface area contributed by atoms with Crippen LogP contribution in [0.25, 0.3) is 5.65 Å². The summed E-state index contributed by atoms with van der Waals surface area (Å²) >= 11 is 0. The molecule has 2 aliphatic rings. The summed E-state index contributed by atoms with van der Waals surface area (Å²) in [6.07, 6.45) is 6.27. The van der Waals surface area contributed by atoms with Gasteiger partial charge in [-0.2, -0.15) is 5.10 Å². The Morgan fingerprint density at radius 1 is 1.36 bits per heavy atom. The van der Waals surface area contributed by atoms with Crippen molar-refractivity contribution < 1.29 is 11.9 Å². The van der Waals surface area contributed by atoms with Crippen LogP contribution in [0.2, 0.25) is 0 Å². The number of hydrogen-bond acceptors (Lipinski definition) is 5. The quantitative estimate of drug-likeness (QED) is 0.647. The van der Waals surface area contributed by atoms with E-state index in [0.29, 0.717) is 47.5 Å². The molecule has 2 bridgehead atoms. The van der Waals surface area contributed by atoms with Crippen LogP contribution in [0.4, 0.5) is 10.2 Å². The van der Waals surface area contributed by atoms with Crippen molar-refractivity contribution in [2.24, 2.45) is 0 Å². The number of hydrogen-bond donors (Lipinski definition) is 1. The largest absolute Gasteiger partial charge is 0.349 e. The van der Waals surface area contributed by atoms with Gasteiger partial charge in [-0.25, -0.2) is 13.9 Å². The molecule has 0 radical (unpaired) electrons. The van der Waals surface area contributed by atoms with Crippen LogP contribution < -0.4 is 10.2 Å². The zero-order valence-electron chi connectivity index (χ0n) is 17.4. The lowest BCUT2D eigenvalue weighted by atomic mass is 9.98. The van der Waals surface area contributed by atoms with E-state index >= 15 is 0 Å². The molecular weight excluding hydrogens is 359 g/mol. The minimum absolute atomic E-state index is 0.137. The normalized spacial score (nSPS) is 25.1. The minimum Gasteiger partial charge on any atom is -0.349 e. The molecule has 144 valence electrons. The summed E-state index contributed by atoms with van der Waals surface area (Å²) in [5.41, 5.74) is 2.08. The molecule has 7 nitrogen and oxygen atoms in total. The van der Waals surface area contributed by atoms with Crippen LogP contribution in [0.5, 0.6) is 0 Å². The maximum Gasteiger partial charge on any atom is 0.256 e. The molecule has 2 aliphatic heterocycles. The Morgan fingerprint density at radius 2 is 2.25 bits per heavy atom. The topological polar surface area (TPSA) is 75.4 Å². The molecule has 0 aromatic carbocycles. The molecule has 28 heavy (non-hydrogen) atoms. The number of rotatable bonds is 0. The summed E-state index contributed by atoms with van der Waals surface area (Å²) in [7, 11) is 0. The zero-order valence-corrected chi connectivity index (χ0v) is 15.4. The van der Waals surface area contributed by atoms with Gasteiger partial charge in [-0.3, -0.25) is 9.78 Å². The van der Waals surface area contributed by atoms with Crippen LogP contribution in [-0.4, -0.2) is 38.0 Å². The standard InChI is InChI=1S/C20H21FN6O/c1-12-4-5-16-14(9-13(21)10-22-16)17-3-2-7-26(17)18-6-8-27-19(25-18)15(11-23-27)20(28)24-12/h6,8-12,17H,2-5,7H2,1H3,(H,24,28)/t12-,17?/m1/s1/i7D2. The average molecular weight is 382 g/mol. The van der Waals surface area contributed by atoms with Crippen LogP contribution in [0.3, 0.4) is 0 Å². The molecule has 0 saturated carbocycles. The van der Waals surface area contributed by atoms with Crippen molar-refractivity contribution >= 4 is 17.4 Å². The molecule has 5 rings (SSSR count). The third-order valence-corrected chi connectivity index (χ3v) is 5.38. The first kappa shape index (κ1) is 15.0. The van der Waals surface area contributed by atoms with Crippen molar-refractivity contribution in [3.05, 3.63) is 53.4 Å². The van der Waals surface area contributed by atoms with E-state index in [4.69, 9.17) is 2.74 Å². The number of nitrogens with one attached hydrogen (secondary N) is 1. The Balaban J connectivity index is 1.74. The van der Waals surface area contributed by atoms with Gasteiger partial charge in [0, 0.05) is 27.2 Å². The molecular formula is C20H21FN6O. The summed E-state index contributed by atoms with van der Waals surface area (Å²) < 4.78 is 32.8. The zero-order chi connectivity index (χ0) is 21.0. The first-order valence-corrected chi connectivity index (χ1v) is 9.42. The number of carbonyl (C=O) groups excluding carboxylic acids is 1. The summed E-state index contributed by atoms with van der Waals surface area (Å²) in [4.78, 5) is 23.3. The molecule has 3 aromatic rings. The van der Waals surface area contributed by atoms with E-state index in [9.17, 15) is 9.18 Å². The predicted molar refractivity (Wildman–Crippen MR) is 102 cm³/mol. The number of nitrogens with zero attached hydrogens (tertiary/aromatic N) is 5. The van der Waals surface area contributed by atoms with Gasteiger partial charge in [-0.15, -0.1) is 0 Å². The Labute approximate surface area is 164 Å². The van der Waals surface area contributed by atoms with Crippen molar-refractivity contribution in [3.8, 4) is 0 Å². The molecule has 8 heteroatoms. The molecule has 1 unspecified atom stereocenters. The molecule has 0 aliphatic carbocycles. The van der Waals surface area contributed by atoms with Gasteiger partial charge in [0.25, 0.3) is 5.91 Å². The van der Waals surface area contributed by atoms with Gasteiger partial charge >= 0.3 is 0 Å². The maximum atomic E-state index is 14.2. The number of pyridine rings is 1. The number of amides is 1. The fraction of sp³-hybridized carbons (Fsp3) is 0.400. The van der Waals surface area contributed by atoms with Crippen molar-refractivity contribution in [2.75, 3.05) is 11.4 Å². The van der Waals surface area contributed by atoms with Crippen molar-refractivity contribution in [1.82, 2.24) is 24.9 Å². The SMILES string of the molecule is [2H]C1([2H])CCC2c3cc(F)cnc3CC[C@@H](C)NC(=O)c3cnn4ccc(nc34)N21. The molecule has 3 aromatic heterocycles. The number of carbonyl (C=O) groups is 1. The smallest absolute Gasteiger partial charge is 0.256 e. The Morgan fingerprint density at radius 3 is 3.14 bits per heavy atom. The van der Waals surface area contributed by atoms with E-state index < -0.39 is 18.4 Å². The second kappa shape index (κ2) is 6.54. The number of aryl methyl sites for hydroxylation is 1.